The van der Waals surface area contributed by atoms with Gasteiger partial charge in [-0.1, -0.05) is 22.8 Å². The van der Waals surface area contributed by atoms with Crippen molar-refractivity contribution in [2.75, 3.05) is 5.32 Å². The monoisotopic (exact) mass is 486 g/mol. The van der Waals surface area contributed by atoms with Gasteiger partial charge in [0.15, 0.2) is 11.5 Å². The van der Waals surface area contributed by atoms with Gasteiger partial charge in [-0.25, -0.2) is 9.02 Å². The third-order valence-corrected chi connectivity index (χ3v) is 4.16. The predicted octanol–water partition coefficient (Wildman–Crippen LogP) is 3.76. The second-order valence-corrected chi connectivity index (χ2v) is 6.10. The molecule has 0 saturated carbocycles. The van der Waals surface area contributed by atoms with Gasteiger partial charge in [0.25, 0.3) is 0 Å². The summed E-state index contributed by atoms with van der Waals surface area (Å²) in [6.07, 6.45) is 3.51. The predicted molar refractivity (Wildman–Crippen MR) is 105 cm³/mol. The molecule has 2 heterocycles. The highest BCUT2D eigenvalue weighted by Crippen LogP contribution is 2.20. The van der Waals surface area contributed by atoms with Gasteiger partial charge in [0.05, 0.1) is 27.9 Å². The van der Waals surface area contributed by atoms with E-state index in [0.717, 1.165) is 5.56 Å². The summed E-state index contributed by atoms with van der Waals surface area (Å²) in [6.45, 7) is 1.05. The Morgan fingerprint density at radius 3 is 2.88 bits per heavy atom. The number of anilines is 1. The first-order valence-electron chi connectivity index (χ1n) is 7.50. The first kappa shape index (κ1) is 18.7. The van der Waals surface area contributed by atoms with E-state index in [1.54, 1.807) is 18.5 Å². The normalized spacial score (nSPS) is 11.6. The van der Waals surface area contributed by atoms with Crippen LogP contribution in [0.3, 0.4) is 0 Å². The van der Waals surface area contributed by atoms with Crippen molar-refractivity contribution in [2.45, 2.75) is 13.1 Å². The average Bonchev–Trinajstić information content (AvgIpc) is 3.12. The van der Waals surface area contributed by atoms with Gasteiger partial charge in [-0.05, 0) is 35.0 Å². The molecule has 134 valence electrons. The molecule has 0 aliphatic heterocycles. The highest BCUT2D eigenvalue weighted by atomic mass is 127. The molecule has 0 unspecified atom stereocenters. The van der Waals surface area contributed by atoms with Crippen LogP contribution >= 0.6 is 34.5 Å². The lowest BCUT2D eigenvalue weighted by molar-refractivity contribution is 0.301. The van der Waals surface area contributed by atoms with Crippen LogP contribution in [0.2, 0.25) is 5.02 Å². The fourth-order valence-electron chi connectivity index (χ4n) is 2.16. The zero-order valence-corrected chi connectivity index (χ0v) is 16.2. The van der Waals surface area contributed by atoms with Gasteiger partial charge in [-0.15, -0.1) is 0 Å². The van der Waals surface area contributed by atoms with Gasteiger partial charge in [0.1, 0.15) is 11.5 Å². The molecule has 10 heteroatoms. The summed E-state index contributed by atoms with van der Waals surface area (Å²) in [5, 5.41) is 14.1. The van der Waals surface area contributed by atoms with Gasteiger partial charge in [-0.2, -0.15) is 3.21 Å². The summed E-state index contributed by atoms with van der Waals surface area (Å²) in [5.41, 5.74) is 2.67. The molecule has 2 aromatic heterocycles. The van der Waals surface area contributed by atoms with E-state index in [4.69, 9.17) is 16.2 Å². The number of benzene rings is 1. The molecule has 26 heavy (non-hydrogen) atoms. The molecule has 3 aromatic rings. The van der Waals surface area contributed by atoms with Crippen LogP contribution < -0.4 is 10.6 Å². The first-order valence-corrected chi connectivity index (χ1v) is 8.84. The average molecular weight is 487 g/mol. The Balaban J connectivity index is 1.68. The van der Waals surface area contributed by atoms with E-state index in [9.17, 15) is 4.39 Å². The molecule has 0 radical (unpaired) electrons. The number of aromatic nitrogens is 3. The van der Waals surface area contributed by atoms with Gasteiger partial charge in [-0.3, -0.25) is 4.98 Å². The summed E-state index contributed by atoms with van der Waals surface area (Å²) in [5.74, 6) is -0.0683. The smallest absolute Gasteiger partial charge is 0.175 e. The van der Waals surface area contributed by atoms with E-state index >= 15 is 0 Å². The van der Waals surface area contributed by atoms with E-state index in [2.05, 4.69) is 29.1 Å². The van der Waals surface area contributed by atoms with Crippen LogP contribution in [0, 0.1) is 5.82 Å². The number of hydrogen-bond acceptors (Lipinski definition) is 6. The molecule has 3 rings (SSSR count). The number of nitrogens with zero attached hydrogens (tertiary/aromatic N) is 4. The van der Waals surface area contributed by atoms with Crippen molar-refractivity contribution in [3.05, 3.63) is 70.5 Å². The van der Waals surface area contributed by atoms with E-state index in [0.29, 0.717) is 36.0 Å². The summed E-state index contributed by atoms with van der Waals surface area (Å²) in [7, 11) is 0. The maximum Gasteiger partial charge on any atom is 0.175 e. The quantitative estimate of drug-likeness (QED) is 0.313. The third kappa shape index (κ3) is 4.74. The van der Waals surface area contributed by atoms with Crippen LogP contribution in [0.5, 0.6) is 0 Å². The topological polar surface area (TPSA) is 88.2 Å². The molecule has 0 aliphatic carbocycles. The van der Waals surface area contributed by atoms with Crippen LogP contribution in [0.25, 0.3) is 0 Å². The molecule has 7 nitrogen and oxygen atoms in total. The van der Waals surface area contributed by atoms with Gasteiger partial charge in [0, 0.05) is 31.2 Å². The summed E-state index contributed by atoms with van der Waals surface area (Å²) in [6, 6.07) is 8.13. The molecule has 0 saturated heterocycles. The third-order valence-electron chi connectivity index (χ3n) is 3.39. The van der Waals surface area contributed by atoms with Crippen LogP contribution in [0.1, 0.15) is 17.0 Å². The van der Waals surface area contributed by atoms with Gasteiger partial charge < -0.3 is 10.6 Å². The van der Waals surface area contributed by atoms with Crippen molar-refractivity contribution in [3.63, 3.8) is 0 Å². The Bertz CT molecular complexity index is 905. The lowest BCUT2D eigenvalue weighted by atomic mass is 10.2. The first-order chi connectivity index (χ1) is 12.7. The minimum Gasteiger partial charge on any atom is -0.338 e. The van der Waals surface area contributed by atoms with E-state index in [-0.39, 0.29) is 5.02 Å². The second kappa shape index (κ2) is 9.01. The number of nitrogens with one attached hydrogen (secondary N) is 2. The van der Waals surface area contributed by atoms with Gasteiger partial charge >= 0.3 is 0 Å². The molecule has 0 spiro atoms. The lowest BCUT2D eigenvalue weighted by Crippen LogP contribution is -2.19. The molecule has 0 amide bonds. The Hall–Kier alpha value is -2.11. The minimum atomic E-state index is -0.492. The maximum absolute atomic E-state index is 13.3. The summed E-state index contributed by atoms with van der Waals surface area (Å²) >= 11 is 7.64. The van der Waals surface area contributed by atoms with Crippen LogP contribution in [0.4, 0.5) is 10.1 Å². The maximum atomic E-state index is 13.3. The molecular weight excluding hydrogens is 474 g/mol. The highest BCUT2D eigenvalue weighted by molar-refractivity contribution is 14.1. The van der Waals surface area contributed by atoms with Crippen molar-refractivity contribution in [1.82, 2.24) is 20.6 Å². The largest absolute Gasteiger partial charge is 0.338 e. The molecule has 0 fully saturated rings. The zero-order valence-electron chi connectivity index (χ0n) is 13.3. The summed E-state index contributed by atoms with van der Waals surface area (Å²) in [4.78, 5) is 4.07. The van der Waals surface area contributed by atoms with Crippen molar-refractivity contribution in [2.24, 2.45) is 3.21 Å². The molecular formula is C16H13ClFIN6O. The molecule has 0 aliphatic rings. The van der Waals surface area contributed by atoms with Crippen LogP contribution in [0.15, 0.2) is 50.6 Å². The Labute approximate surface area is 167 Å². The van der Waals surface area contributed by atoms with Crippen molar-refractivity contribution in [3.8, 4) is 0 Å². The lowest BCUT2D eigenvalue weighted by Gasteiger charge is -2.08. The minimum absolute atomic E-state index is 0.0134. The van der Waals surface area contributed by atoms with Crippen molar-refractivity contribution in [1.29, 1.82) is 0 Å². The van der Waals surface area contributed by atoms with E-state index in [1.807, 2.05) is 35.0 Å². The Kier molecular flexibility index (Phi) is 6.47. The number of hydrogen-bond donors (Lipinski definition) is 2. The van der Waals surface area contributed by atoms with Crippen molar-refractivity contribution < 1.29 is 9.02 Å². The number of rotatable bonds is 6. The van der Waals surface area contributed by atoms with Crippen LogP contribution in [-0.4, -0.2) is 21.1 Å². The Morgan fingerprint density at radius 2 is 2.15 bits per heavy atom. The molecule has 0 bridgehead atoms. The van der Waals surface area contributed by atoms with E-state index < -0.39 is 5.82 Å². The molecule has 2 N–H and O–H groups in total. The summed E-state index contributed by atoms with van der Waals surface area (Å²) < 4.78 is 22.3. The number of halogens is 3. The SMILES string of the molecule is Fc1ccc(N/C(=N\I)c2nonc2CNCc2cccnc2)cc1Cl. The number of amidine groups is 1. The van der Waals surface area contributed by atoms with Crippen molar-refractivity contribution >= 4 is 46.0 Å². The fraction of sp³-hybridized carbons (Fsp3) is 0.125. The standard InChI is InChI=1S/C16H13ClFIN6O/c17-12-6-11(3-4-13(12)18)22-16(23-19)15-14(24-26-25-15)9-21-8-10-2-1-5-20-7-10/h1-7,21H,8-9H2,(H,22,23). The Morgan fingerprint density at radius 1 is 1.27 bits per heavy atom. The highest BCUT2D eigenvalue weighted by Gasteiger charge is 2.17. The molecule has 1 aromatic carbocycles. The number of pyridine rings is 1. The van der Waals surface area contributed by atoms with E-state index in [1.165, 1.54) is 12.1 Å². The zero-order chi connectivity index (χ0) is 18.4. The van der Waals surface area contributed by atoms with Crippen LogP contribution in [-0.2, 0) is 13.1 Å². The fourth-order valence-corrected chi connectivity index (χ4v) is 2.69. The second-order valence-electron chi connectivity index (χ2n) is 5.21. The van der Waals surface area contributed by atoms with Gasteiger partial charge in [0.2, 0.25) is 0 Å². The molecule has 0 atom stereocenters.